The van der Waals surface area contributed by atoms with Crippen molar-refractivity contribution in [2.24, 2.45) is 0 Å². The third kappa shape index (κ3) is 5.72. The van der Waals surface area contributed by atoms with Gasteiger partial charge >= 0.3 is 0 Å². The molecule has 0 fully saturated rings. The van der Waals surface area contributed by atoms with E-state index in [4.69, 9.17) is 9.47 Å². The summed E-state index contributed by atoms with van der Waals surface area (Å²) in [5, 5.41) is 8.11. The summed E-state index contributed by atoms with van der Waals surface area (Å²) in [6.07, 6.45) is 0. The lowest BCUT2D eigenvalue weighted by Crippen LogP contribution is -2.28. The lowest BCUT2D eigenvalue weighted by Gasteiger charge is -2.08. The van der Waals surface area contributed by atoms with Crippen molar-refractivity contribution in [1.82, 2.24) is 14.9 Å². The largest absolute Gasteiger partial charge is 0.494 e. The van der Waals surface area contributed by atoms with Crippen molar-refractivity contribution in [2.45, 2.75) is 11.8 Å². The number of hydrogen-bond acceptors (Lipinski definition) is 6. The number of sulfonamides is 1. The molecule has 1 aromatic heterocycles. The number of benzene rings is 2. The maximum absolute atomic E-state index is 12.9. The highest BCUT2D eigenvalue weighted by molar-refractivity contribution is 7.89. The SMILES string of the molecule is CCOc1ccc(-c2ccc(OCCNS(=O)(=O)c3ccc(F)cc3)nn2)cc1. The average molecular weight is 417 g/mol. The molecule has 0 atom stereocenters. The lowest BCUT2D eigenvalue weighted by molar-refractivity contribution is 0.307. The Morgan fingerprint density at radius 2 is 1.66 bits per heavy atom. The van der Waals surface area contributed by atoms with Gasteiger partial charge in [-0.05, 0) is 61.5 Å². The fraction of sp³-hybridized carbons (Fsp3) is 0.200. The molecule has 3 aromatic rings. The molecule has 152 valence electrons. The van der Waals surface area contributed by atoms with Crippen molar-refractivity contribution in [3.63, 3.8) is 0 Å². The summed E-state index contributed by atoms with van der Waals surface area (Å²) in [7, 11) is -3.72. The zero-order valence-corrected chi connectivity index (χ0v) is 16.5. The monoisotopic (exact) mass is 417 g/mol. The molecule has 2 aromatic carbocycles. The number of ether oxygens (including phenoxy) is 2. The van der Waals surface area contributed by atoms with Gasteiger partial charge in [0, 0.05) is 18.2 Å². The third-order valence-electron chi connectivity index (χ3n) is 3.87. The Morgan fingerprint density at radius 3 is 2.28 bits per heavy atom. The molecule has 0 spiro atoms. The van der Waals surface area contributed by atoms with Crippen molar-refractivity contribution in [2.75, 3.05) is 19.8 Å². The molecule has 29 heavy (non-hydrogen) atoms. The zero-order valence-electron chi connectivity index (χ0n) is 15.7. The minimum atomic E-state index is -3.72. The van der Waals surface area contributed by atoms with E-state index in [0.717, 1.165) is 23.4 Å². The maximum atomic E-state index is 12.9. The van der Waals surface area contributed by atoms with Crippen molar-refractivity contribution in [1.29, 1.82) is 0 Å². The second-order valence-corrected chi connectivity index (χ2v) is 7.68. The number of aromatic nitrogens is 2. The van der Waals surface area contributed by atoms with Crippen LogP contribution >= 0.6 is 0 Å². The quantitative estimate of drug-likeness (QED) is 0.538. The fourth-order valence-corrected chi connectivity index (χ4v) is 3.48. The van der Waals surface area contributed by atoms with Crippen LogP contribution in [0.25, 0.3) is 11.3 Å². The summed E-state index contributed by atoms with van der Waals surface area (Å²) >= 11 is 0. The first-order valence-corrected chi connectivity index (χ1v) is 10.4. The van der Waals surface area contributed by atoms with Crippen LogP contribution in [0.1, 0.15) is 6.92 Å². The van der Waals surface area contributed by atoms with Crippen molar-refractivity contribution in [3.05, 3.63) is 66.5 Å². The van der Waals surface area contributed by atoms with Crippen LogP contribution in [0.5, 0.6) is 11.6 Å². The molecule has 0 aliphatic heterocycles. The minimum Gasteiger partial charge on any atom is -0.494 e. The standard InChI is InChI=1S/C20H20FN3O4S/c1-2-27-17-7-3-15(4-8-17)19-11-12-20(24-23-19)28-14-13-22-29(25,26)18-9-5-16(21)6-10-18/h3-12,22H,2,13-14H2,1H3. The fourth-order valence-electron chi connectivity index (χ4n) is 2.47. The predicted molar refractivity (Wildman–Crippen MR) is 106 cm³/mol. The molecular weight excluding hydrogens is 397 g/mol. The Labute approximate surface area is 168 Å². The van der Waals surface area contributed by atoms with Crippen LogP contribution in [-0.4, -0.2) is 38.4 Å². The molecule has 0 aliphatic rings. The second-order valence-electron chi connectivity index (χ2n) is 5.91. The predicted octanol–water partition coefficient (Wildman–Crippen LogP) is 3.04. The van der Waals surface area contributed by atoms with Crippen LogP contribution in [0.15, 0.2) is 65.6 Å². The number of nitrogens with one attached hydrogen (secondary N) is 1. The molecule has 7 nitrogen and oxygen atoms in total. The van der Waals surface area contributed by atoms with Crippen LogP contribution < -0.4 is 14.2 Å². The Kier molecular flexibility index (Phi) is 6.73. The van der Waals surface area contributed by atoms with Gasteiger partial charge in [0.2, 0.25) is 15.9 Å². The molecule has 0 bridgehead atoms. The van der Waals surface area contributed by atoms with Crippen LogP contribution in [0.2, 0.25) is 0 Å². The molecule has 0 saturated carbocycles. The number of hydrogen-bond donors (Lipinski definition) is 1. The molecule has 9 heteroatoms. The third-order valence-corrected chi connectivity index (χ3v) is 5.35. The summed E-state index contributed by atoms with van der Waals surface area (Å²) in [5.74, 6) is 0.562. The smallest absolute Gasteiger partial charge is 0.240 e. The summed E-state index contributed by atoms with van der Waals surface area (Å²) in [4.78, 5) is -0.0154. The molecule has 0 unspecified atom stereocenters. The number of rotatable bonds is 9. The minimum absolute atomic E-state index is 0.0154. The number of halogens is 1. The van der Waals surface area contributed by atoms with Gasteiger partial charge in [-0.1, -0.05) is 0 Å². The molecule has 1 heterocycles. The van der Waals surface area contributed by atoms with Gasteiger partial charge < -0.3 is 9.47 Å². The second kappa shape index (κ2) is 9.44. The van der Waals surface area contributed by atoms with Crippen molar-refractivity contribution < 1.29 is 22.3 Å². The molecule has 1 N–H and O–H groups in total. The lowest BCUT2D eigenvalue weighted by atomic mass is 10.1. The Hall–Kier alpha value is -3.04. The highest BCUT2D eigenvalue weighted by atomic mass is 32.2. The molecule has 3 rings (SSSR count). The van der Waals surface area contributed by atoms with E-state index in [0.29, 0.717) is 12.3 Å². The topological polar surface area (TPSA) is 90.4 Å². The van der Waals surface area contributed by atoms with E-state index >= 15 is 0 Å². The molecule has 0 aliphatic carbocycles. The summed E-state index contributed by atoms with van der Waals surface area (Å²) in [6.45, 7) is 2.62. The normalized spacial score (nSPS) is 11.2. The van der Waals surface area contributed by atoms with E-state index in [1.807, 2.05) is 31.2 Å². The van der Waals surface area contributed by atoms with E-state index < -0.39 is 15.8 Å². The first-order valence-electron chi connectivity index (χ1n) is 8.93. The first kappa shape index (κ1) is 20.7. The zero-order chi connectivity index (χ0) is 20.7. The summed E-state index contributed by atoms with van der Waals surface area (Å²) < 4.78 is 50.3. The van der Waals surface area contributed by atoms with Gasteiger partial charge in [0.1, 0.15) is 18.2 Å². The van der Waals surface area contributed by atoms with Gasteiger partial charge in [-0.3, -0.25) is 0 Å². The summed E-state index contributed by atoms with van der Waals surface area (Å²) in [6, 6.07) is 15.5. The van der Waals surface area contributed by atoms with Gasteiger partial charge in [-0.25, -0.2) is 17.5 Å². The highest BCUT2D eigenvalue weighted by Crippen LogP contribution is 2.21. The van der Waals surface area contributed by atoms with Crippen LogP contribution in [0.4, 0.5) is 4.39 Å². The van der Waals surface area contributed by atoms with Crippen molar-refractivity contribution in [3.8, 4) is 22.9 Å². The van der Waals surface area contributed by atoms with Gasteiger partial charge in [0.25, 0.3) is 0 Å². The van der Waals surface area contributed by atoms with E-state index in [1.54, 1.807) is 12.1 Å². The van der Waals surface area contributed by atoms with Crippen LogP contribution in [0.3, 0.4) is 0 Å². The van der Waals surface area contributed by atoms with Gasteiger partial charge in [-0.2, -0.15) is 0 Å². The van der Waals surface area contributed by atoms with E-state index in [1.165, 1.54) is 12.1 Å². The van der Waals surface area contributed by atoms with E-state index in [9.17, 15) is 12.8 Å². The van der Waals surface area contributed by atoms with Crippen LogP contribution in [-0.2, 0) is 10.0 Å². The average Bonchev–Trinajstić information content (AvgIpc) is 2.73. The molecular formula is C20H20FN3O4S. The molecule has 0 radical (unpaired) electrons. The van der Waals surface area contributed by atoms with E-state index in [2.05, 4.69) is 14.9 Å². The number of nitrogens with zero attached hydrogens (tertiary/aromatic N) is 2. The van der Waals surface area contributed by atoms with Gasteiger partial charge in [0.05, 0.1) is 17.2 Å². The molecule has 0 amide bonds. The highest BCUT2D eigenvalue weighted by Gasteiger charge is 2.13. The Bertz CT molecular complexity index is 1020. The van der Waals surface area contributed by atoms with Crippen LogP contribution in [0, 0.1) is 5.82 Å². The maximum Gasteiger partial charge on any atom is 0.240 e. The Balaban J connectivity index is 1.50. The van der Waals surface area contributed by atoms with Gasteiger partial charge in [-0.15, -0.1) is 10.2 Å². The first-order chi connectivity index (χ1) is 14.0. The van der Waals surface area contributed by atoms with Crippen molar-refractivity contribution >= 4 is 10.0 Å². The molecule has 0 saturated heterocycles. The summed E-state index contributed by atoms with van der Waals surface area (Å²) in [5.41, 5.74) is 1.57. The van der Waals surface area contributed by atoms with E-state index in [-0.39, 0.29) is 23.9 Å². The Morgan fingerprint density at radius 1 is 0.931 bits per heavy atom. The van der Waals surface area contributed by atoms with Gasteiger partial charge in [0.15, 0.2) is 0 Å².